The smallest absolute Gasteiger partial charge is 0.328 e. The lowest BCUT2D eigenvalue weighted by Gasteiger charge is -2.45. The number of H-pyrrole nitrogens is 1. The zero-order chi connectivity index (χ0) is 25.4. The maximum Gasteiger partial charge on any atom is 0.328 e. The summed E-state index contributed by atoms with van der Waals surface area (Å²) in [5.74, 6) is 0.804. The van der Waals surface area contributed by atoms with Gasteiger partial charge in [0.1, 0.15) is 14.5 Å². The minimum atomic E-state index is -0.321. The lowest BCUT2D eigenvalue weighted by Crippen LogP contribution is -2.53. The average Bonchev–Trinajstić information content (AvgIpc) is 3.70. The highest BCUT2D eigenvalue weighted by atomic mass is 32.1. The van der Waals surface area contributed by atoms with Crippen LogP contribution < -0.4 is 16.7 Å². The lowest BCUT2D eigenvalue weighted by molar-refractivity contribution is -0.137. The number of rotatable bonds is 6. The van der Waals surface area contributed by atoms with Gasteiger partial charge in [0.2, 0.25) is 5.91 Å². The monoisotopic (exact) mass is 510 g/mol. The minimum Gasteiger partial charge on any atom is -0.375 e. The third-order valence-corrected chi connectivity index (χ3v) is 8.40. The molecule has 5 rings (SSSR count). The molecule has 1 aliphatic heterocycles. The maximum absolute atomic E-state index is 13.1. The number of carbonyl (C=O) groups is 1. The van der Waals surface area contributed by atoms with Gasteiger partial charge in [0.25, 0.3) is 5.56 Å². The van der Waals surface area contributed by atoms with E-state index in [1.807, 2.05) is 24.9 Å². The molecular weight excluding hydrogens is 475 g/mol. The van der Waals surface area contributed by atoms with Crippen LogP contribution in [0.3, 0.4) is 0 Å². The first-order valence-electron chi connectivity index (χ1n) is 13.0. The number of hydrogen-bond donors (Lipinski definition) is 2. The Hall–Kier alpha value is -2.46. The van der Waals surface area contributed by atoms with Crippen molar-refractivity contribution in [1.82, 2.24) is 19.4 Å². The van der Waals surface area contributed by atoms with E-state index in [0.717, 1.165) is 50.5 Å². The van der Waals surface area contributed by atoms with Crippen LogP contribution in [-0.4, -0.2) is 71.8 Å². The molecule has 1 aromatic heterocycles. The number of benzene rings is 1. The number of ether oxygens (including phenoxy) is 1. The van der Waals surface area contributed by atoms with Crippen LogP contribution in [0.25, 0.3) is 10.9 Å². The SMILES string of the molecule is Bc1ccc2[nH]c(=O)n(C[C@H]3CC[C@H](C(=C4CC4)N4CCN(C(=O)COC)C[C@@H]4S)CC3)c(=O)c2c1. The van der Waals surface area contributed by atoms with Gasteiger partial charge in [0.15, 0.2) is 0 Å². The second-order valence-electron chi connectivity index (χ2n) is 10.5. The van der Waals surface area contributed by atoms with Crippen molar-refractivity contribution in [1.29, 1.82) is 0 Å². The van der Waals surface area contributed by atoms with Gasteiger partial charge < -0.3 is 19.5 Å². The summed E-state index contributed by atoms with van der Waals surface area (Å²) < 4.78 is 6.42. The van der Waals surface area contributed by atoms with Crippen molar-refractivity contribution in [3.05, 3.63) is 50.3 Å². The van der Waals surface area contributed by atoms with E-state index in [9.17, 15) is 14.4 Å². The highest BCUT2D eigenvalue weighted by Gasteiger charge is 2.36. The number of nitrogens with one attached hydrogen (secondary N) is 1. The number of aromatic nitrogens is 2. The summed E-state index contributed by atoms with van der Waals surface area (Å²) >= 11 is 4.88. The molecule has 3 fully saturated rings. The fraction of sp³-hybridized carbons (Fsp3) is 0.577. The molecule has 2 saturated carbocycles. The molecule has 1 amide bonds. The predicted molar refractivity (Wildman–Crippen MR) is 147 cm³/mol. The van der Waals surface area contributed by atoms with Crippen molar-refractivity contribution in [2.45, 2.75) is 50.4 Å². The van der Waals surface area contributed by atoms with E-state index in [-0.39, 0.29) is 29.1 Å². The summed E-state index contributed by atoms with van der Waals surface area (Å²) in [5, 5.41) is 0.561. The Balaban J connectivity index is 1.25. The van der Waals surface area contributed by atoms with Gasteiger partial charge in [-0.1, -0.05) is 23.2 Å². The van der Waals surface area contributed by atoms with Gasteiger partial charge in [-0.15, -0.1) is 0 Å². The van der Waals surface area contributed by atoms with Gasteiger partial charge in [0.05, 0.1) is 22.8 Å². The molecule has 0 unspecified atom stereocenters. The quantitative estimate of drug-likeness (QED) is 0.445. The molecule has 2 heterocycles. The third-order valence-electron chi connectivity index (χ3n) is 7.96. The molecule has 1 atom stereocenters. The Morgan fingerprint density at radius 1 is 1.17 bits per heavy atom. The van der Waals surface area contributed by atoms with Crippen LogP contribution >= 0.6 is 12.6 Å². The first kappa shape index (κ1) is 25.2. The molecule has 0 bridgehead atoms. The number of hydrogen-bond acceptors (Lipinski definition) is 6. The van der Waals surface area contributed by atoms with Crippen molar-refractivity contribution in [3.8, 4) is 0 Å². The fourth-order valence-electron chi connectivity index (χ4n) is 5.94. The van der Waals surface area contributed by atoms with E-state index >= 15 is 0 Å². The van der Waals surface area contributed by atoms with Crippen molar-refractivity contribution < 1.29 is 9.53 Å². The Morgan fingerprint density at radius 3 is 2.58 bits per heavy atom. The summed E-state index contributed by atoms with van der Waals surface area (Å²) in [5.41, 5.74) is 4.07. The van der Waals surface area contributed by atoms with Crippen molar-refractivity contribution >= 4 is 42.7 Å². The normalized spacial score (nSPS) is 24.3. The molecule has 0 spiro atoms. The zero-order valence-corrected chi connectivity index (χ0v) is 22.1. The van der Waals surface area contributed by atoms with Crippen molar-refractivity contribution in [2.24, 2.45) is 11.8 Å². The van der Waals surface area contributed by atoms with Gasteiger partial charge in [-0.3, -0.25) is 14.2 Å². The molecule has 1 aromatic carbocycles. The number of aromatic amines is 1. The highest BCUT2D eigenvalue weighted by Crippen LogP contribution is 2.44. The van der Waals surface area contributed by atoms with Crippen LogP contribution in [0, 0.1) is 11.8 Å². The highest BCUT2D eigenvalue weighted by molar-refractivity contribution is 7.80. The Labute approximate surface area is 217 Å². The van der Waals surface area contributed by atoms with E-state index in [1.54, 1.807) is 13.2 Å². The summed E-state index contributed by atoms with van der Waals surface area (Å²) in [6.07, 6.45) is 6.38. The molecule has 1 saturated heterocycles. The van der Waals surface area contributed by atoms with Crippen LogP contribution in [0.4, 0.5) is 0 Å². The maximum atomic E-state index is 13.1. The molecule has 1 N–H and O–H groups in total. The number of allylic oxidation sites excluding steroid dienone is 2. The summed E-state index contributed by atoms with van der Waals surface area (Å²) in [4.78, 5) is 45.2. The first-order chi connectivity index (χ1) is 17.4. The van der Waals surface area contributed by atoms with E-state index in [1.165, 1.54) is 15.8 Å². The molecule has 2 aliphatic carbocycles. The molecule has 8 nitrogen and oxygen atoms in total. The van der Waals surface area contributed by atoms with Crippen LogP contribution in [0.1, 0.15) is 38.5 Å². The van der Waals surface area contributed by atoms with Crippen LogP contribution in [0.15, 0.2) is 39.1 Å². The molecule has 0 radical (unpaired) electrons. The van der Waals surface area contributed by atoms with E-state index in [4.69, 9.17) is 17.4 Å². The summed E-state index contributed by atoms with van der Waals surface area (Å²) in [6.45, 7) is 2.67. The lowest BCUT2D eigenvalue weighted by atomic mass is 9.79. The summed E-state index contributed by atoms with van der Waals surface area (Å²) in [7, 11) is 3.50. The number of nitrogens with zero attached hydrogens (tertiary/aromatic N) is 3. The second-order valence-corrected chi connectivity index (χ2v) is 11.1. The number of methoxy groups -OCH3 is 1. The molecule has 3 aliphatic rings. The van der Waals surface area contributed by atoms with Crippen LogP contribution in [0.5, 0.6) is 0 Å². The molecule has 2 aromatic rings. The summed E-state index contributed by atoms with van der Waals surface area (Å²) in [6, 6.07) is 5.56. The van der Waals surface area contributed by atoms with Gasteiger partial charge in [-0.25, -0.2) is 4.79 Å². The number of fused-ring (bicyclic) bond motifs is 1. The van der Waals surface area contributed by atoms with Crippen LogP contribution in [0.2, 0.25) is 0 Å². The van der Waals surface area contributed by atoms with E-state index in [2.05, 4.69) is 9.88 Å². The average molecular weight is 510 g/mol. The van der Waals surface area contributed by atoms with E-state index < -0.39 is 0 Å². The molecule has 192 valence electrons. The Morgan fingerprint density at radius 2 is 1.92 bits per heavy atom. The van der Waals surface area contributed by atoms with Gasteiger partial charge in [-0.2, -0.15) is 12.6 Å². The van der Waals surface area contributed by atoms with Gasteiger partial charge >= 0.3 is 5.69 Å². The largest absolute Gasteiger partial charge is 0.375 e. The second kappa shape index (κ2) is 10.5. The van der Waals surface area contributed by atoms with Gasteiger partial charge in [-0.05, 0) is 56.4 Å². The molecular formula is C26H35BN4O4S. The standard InChI is InChI=1S/C26H35BN4O4S/c1-35-15-22(32)29-10-11-30(23(36)14-29)24(18-6-7-18)17-4-2-16(3-5-17)13-31-25(33)20-12-19(27)8-9-21(20)28-26(31)34/h8-9,12,16-17,23,36H,2-7,10-11,13-15,27H2,1H3,(H,28,34)/t16-,17-,23-/m0/s1. The van der Waals surface area contributed by atoms with E-state index in [0.29, 0.717) is 42.4 Å². The fourth-order valence-corrected chi connectivity index (χ4v) is 6.38. The topological polar surface area (TPSA) is 87.6 Å². The minimum absolute atomic E-state index is 0.0152. The zero-order valence-electron chi connectivity index (χ0n) is 21.2. The predicted octanol–water partition coefficient (Wildman–Crippen LogP) is 0.849. The third kappa shape index (κ3) is 5.16. The Bertz CT molecular complexity index is 1290. The number of piperazine rings is 1. The van der Waals surface area contributed by atoms with Gasteiger partial charge in [0, 0.05) is 32.4 Å². The Kier molecular flexibility index (Phi) is 7.35. The first-order valence-corrected chi connectivity index (χ1v) is 13.5. The number of thiol groups is 1. The number of amides is 1. The molecule has 10 heteroatoms. The van der Waals surface area contributed by atoms with Crippen molar-refractivity contribution in [3.63, 3.8) is 0 Å². The van der Waals surface area contributed by atoms with Crippen LogP contribution in [-0.2, 0) is 16.1 Å². The molecule has 36 heavy (non-hydrogen) atoms. The number of carbonyl (C=O) groups excluding carboxylic acids is 1. The van der Waals surface area contributed by atoms with Crippen molar-refractivity contribution in [2.75, 3.05) is 33.4 Å².